The number of benzene rings is 1. The Morgan fingerprint density at radius 2 is 1.71 bits per heavy atom. The molecule has 2 nitrogen and oxygen atoms in total. The monoisotopic (exact) mass is 225 g/mol. The first-order chi connectivity index (χ1) is 8.09. The van der Waals surface area contributed by atoms with Gasteiger partial charge in [0.1, 0.15) is 5.69 Å². The van der Waals surface area contributed by atoms with Crippen LogP contribution in [0.4, 0.5) is 0 Å². The molecule has 0 N–H and O–H groups in total. The molecule has 2 rings (SSSR count). The minimum Gasteiger partial charge on any atom is -0.287 e. The molecule has 2 aromatic rings. The van der Waals surface area contributed by atoms with E-state index in [1.165, 1.54) is 5.56 Å². The summed E-state index contributed by atoms with van der Waals surface area (Å²) < 4.78 is 0. The van der Waals surface area contributed by atoms with Gasteiger partial charge in [0.2, 0.25) is 5.78 Å². The number of rotatable bonds is 2. The summed E-state index contributed by atoms with van der Waals surface area (Å²) >= 11 is 0. The minimum atomic E-state index is 0.000556. The van der Waals surface area contributed by atoms with E-state index >= 15 is 0 Å². The lowest BCUT2D eigenvalue weighted by molar-refractivity contribution is 0.103. The summed E-state index contributed by atoms with van der Waals surface area (Å²) in [5.41, 5.74) is 4.48. The highest BCUT2D eigenvalue weighted by Crippen LogP contribution is 2.19. The highest BCUT2D eigenvalue weighted by molar-refractivity contribution is 6.09. The van der Waals surface area contributed by atoms with Crippen molar-refractivity contribution in [2.75, 3.05) is 0 Å². The standard InChI is InChI=1S/C15H15NO/c1-10-8-11(2)14(12(3)9-10)15(17)13-6-4-5-7-16-13/h4-9H,1-3H3. The highest BCUT2D eigenvalue weighted by atomic mass is 16.1. The van der Waals surface area contributed by atoms with Crippen LogP contribution in [0, 0.1) is 20.8 Å². The lowest BCUT2D eigenvalue weighted by Gasteiger charge is -2.09. The van der Waals surface area contributed by atoms with E-state index in [1.807, 2.05) is 45.0 Å². The largest absolute Gasteiger partial charge is 0.287 e. The third-order valence-corrected chi connectivity index (χ3v) is 2.80. The summed E-state index contributed by atoms with van der Waals surface area (Å²) in [5.74, 6) is 0.000556. The first kappa shape index (κ1) is 11.5. The maximum atomic E-state index is 12.3. The molecule has 0 aliphatic carbocycles. The predicted molar refractivity (Wildman–Crippen MR) is 68.3 cm³/mol. The van der Waals surface area contributed by atoms with E-state index in [4.69, 9.17) is 0 Å². The van der Waals surface area contributed by atoms with Crippen molar-refractivity contribution in [1.82, 2.24) is 4.98 Å². The van der Waals surface area contributed by atoms with Gasteiger partial charge in [-0.3, -0.25) is 9.78 Å². The van der Waals surface area contributed by atoms with Gasteiger partial charge >= 0.3 is 0 Å². The van der Waals surface area contributed by atoms with Gasteiger partial charge in [-0.05, 0) is 44.0 Å². The molecule has 17 heavy (non-hydrogen) atoms. The van der Waals surface area contributed by atoms with Crippen molar-refractivity contribution in [3.63, 3.8) is 0 Å². The number of nitrogens with zero attached hydrogens (tertiary/aromatic N) is 1. The van der Waals surface area contributed by atoms with Gasteiger partial charge in [0.05, 0.1) is 0 Å². The van der Waals surface area contributed by atoms with Gasteiger partial charge in [-0.15, -0.1) is 0 Å². The van der Waals surface area contributed by atoms with Crippen LogP contribution in [0.3, 0.4) is 0 Å². The number of pyridine rings is 1. The molecule has 0 saturated heterocycles. The van der Waals surface area contributed by atoms with Gasteiger partial charge in [-0.2, -0.15) is 0 Å². The molecular weight excluding hydrogens is 210 g/mol. The number of hydrogen-bond donors (Lipinski definition) is 0. The number of aromatic nitrogens is 1. The van der Waals surface area contributed by atoms with E-state index in [0.717, 1.165) is 16.7 Å². The lowest BCUT2D eigenvalue weighted by Crippen LogP contribution is -2.08. The van der Waals surface area contributed by atoms with Gasteiger partial charge < -0.3 is 0 Å². The molecule has 0 bridgehead atoms. The maximum Gasteiger partial charge on any atom is 0.211 e. The van der Waals surface area contributed by atoms with E-state index in [2.05, 4.69) is 4.98 Å². The summed E-state index contributed by atoms with van der Waals surface area (Å²) in [4.78, 5) is 16.4. The Morgan fingerprint density at radius 3 is 2.24 bits per heavy atom. The summed E-state index contributed by atoms with van der Waals surface area (Å²) in [6.07, 6.45) is 1.64. The molecule has 2 heteroatoms. The van der Waals surface area contributed by atoms with E-state index in [0.29, 0.717) is 5.69 Å². The maximum absolute atomic E-state index is 12.3. The Balaban J connectivity index is 2.52. The smallest absolute Gasteiger partial charge is 0.211 e. The molecule has 86 valence electrons. The second-order valence-electron chi connectivity index (χ2n) is 4.32. The fourth-order valence-corrected chi connectivity index (χ4v) is 2.16. The van der Waals surface area contributed by atoms with Crippen LogP contribution in [-0.4, -0.2) is 10.8 Å². The summed E-state index contributed by atoms with van der Waals surface area (Å²) in [6, 6.07) is 9.46. The van der Waals surface area contributed by atoms with Crippen LogP contribution in [0.5, 0.6) is 0 Å². The van der Waals surface area contributed by atoms with Crippen molar-refractivity contribution in [3.8, 4) is 0 Å². The van der Waals surface area contributed by atoms with Crippen molar-refractivity contribution < 1.29 is 4.79 Å². The van der Waals surface area contributed by atoms with Gasteiger partial charge in [-0.1, -0.05) is 23.8 Å². The average Bonchev–Trinajstić information content (AvgIpc) is 2.28. The van der Waals surface area contributed by atoms with Crippen LogP contribution in [0.2, 0.25) is 0 Å². The summed E-state index contributed by atoms with van der Waals surface area (Å²) in [7, 11) is 0. The minimum absolute atomic E-state index is 0.000556. The van der Waals surface area contributed by atoms with Crippen molar-refractivity contribution in [1.29, 1.82) is 0 Å². The van der Waals surface area contributed by atoms with E-state index in [1.54, 1.807) is 12.3 Å². The Bertz CT molecular complexity index is 535. The molecule has 0 saturated carbocycles. The molecule has 1 heterocycles. The Kier molecular flexibility index (Phi) is 3.05. The van der Waals surface area contributed by atoms with Gasteiger partial charge in [0.15, 0.2) is 0 Å². The van der Waals surface area contributed by atoms with Crippen LogP contribution < -0.4 is 0 Å². The molecule has 0 fully saturated rings. The fraction of sp³-hybridized carbons (Fsp3) is 0.200. The normalized spacial score (nSPS) is 10.3. The van der Waals surface area contributed by atoms with E-state index in [9.17, 15) is 4.79 Å². The van der Waals surface area contributed by atoms with E-state index in [-0.39, 0.29) is 5.78 Å². The first-order valence-corrected chi connectivity index (χ1v) is 5.63. The highest BCUT2D eigenvalue weighted by Gasteiger charge is 2.15. The Hall–Kier alpha value is -1.96. The zero-order valence-corrected chi connectivity index (χ0v) is 10.3. The molecule has 0 unspecified atom stereocenters. The number of aryl methyl sites for hydroxylation is 3. The van der Waals surface area contributed by atoms with Crippen LogP contribution >= 0.6 is 0 Å². The van der Waals surface area contributed by atoms with Crippen LogP contribution in [0.25, 0.3) is 0 Å². The second kappa shape index (κ2) is 4.50. The summed E-state index contributed by atoms with van der Waals surface area (Å²) in [5, 5.41) is 0. The zero-order chi connectivity index (χ0) is 12.4. The molecule has 0 aliphatic rings. The molecule has 0 amide bonds. The van der Waals surface area contributed by atoms with Gasteiger partial charge in [0, 0.05) is 11.8 Å². The van der Waals surface area contributed by atoms with Crippen molar-refractivity contribution >= 4 is 5.78 Å². The fourth-order valence-electron chi connectivity index (χ4n) is 2.16. The molecule has 1 aromatic carbocycles. The molecule has 0 spiro atoms. The lowest BCUT2D eigenvalue weighted by atomic mass is 9.95. The quantitative estimate of drug-likeness (QED) is 0.734. The van der Waals surface area contributed by atoms with Crippen LogP contribution in [0.1, 0.15) is 32.7 Å². The Labute approximate surface area is 101 Å². The third-order valence-electron chi connectivity index (χ3n) is 2.80. The van der Waals surface area contributed by atoms with E-state index < -0.39 is 0 Å². The third kappa shape index (κ3) is 2.26. The van der Waals surface area contributed by atoms with Gasteiger partial charge in [-0.25, -0.2) is 0 Å². The SMILES string of the molecule is Cc1cc(C)c(C(=O)c2ccccn2)c(C)c1. The second-order valence-corrected chi connectivity index (χ2v) is 4.32. The van der Waals surface area contributed by atoms with Crippen molar-refractivity contribution in [3.05, 3.63) is 64.5 Å². The van der Waals surface area contributed by atoms with Crippen molar-refractivity contribution in [2.45, 2.75) is 20.8 Å². The van der Waals surface area contributed by atoms with Crippen molar-refractivity contribution in [2.24, 2.45) is 0 Å². The number of ketones is 1. The topological polar surface area (TPSA) is 30.0 Å². The van der Waals surface area contributed by atoms with Crippen LogP contribution in [0.15, 0.2) is 36.5 Å². The average molecular weight is 225 g/mol. The molecule has 1 aromatic heterocycles. The molecule has 0 aliphatic heterocycles. The molecule has 0 atom stereocenters. The first-order valence-electron chi connectivity index (χ1n) is 5.63. The predicted octanol–water partition coefficient (Wildman–Crippen LogP) is 3.24. The number of carbonyl (C=O) groups is 1. The number of carbonyl (C=O) groups excluding carboxylic acids is 1. The molecule has 0 radical (unpaired) electrons. The summed E-state index contributed by atoms with van der Waals surface area (Å²) in [6.45, 7) is 5.97. The molecular formula is C15H15NO. The van der Waals surface area contributed by atoms with Crippen LogP contribution in [-0.2, 0) is 0 Å². The zero-order valence-electron chi connectivity index (χ0n) is 10.3. The van der Waals surface area contributed by atoms with Gasteiger partial charge in [0.25, 0.3) is 0 Å². The Morgan fingerprint density at radius 1 is 1.06 bits per heavy atom. The number of hydrogen-bond acceptors (Lipinski definition) is 2.